The second-order valence-electron chi connectivity index (χ2n) is 9.42. The molecule has 2 heterocycles. The third-order valence-corrected chi connectivity index (χ3v) is 6.14. The molecular weight excluding hydrogens is 442 g/mol. The molecule has 0 saturated heterocycles. The zero-order valence-electron chi connectivity index (χ0n) is 20.8. The number of rotatable bonds is 8. The first-order valence-corrected chi connectivity index (χ1v) is 11.7. The molecule has 35 heavy (non-hydrogen) atoms. The summed E-state index contributed by atoms with van der Waals surface area (Å²) in [6.07, 6.45) is 0.728. The van der Waals surface area contributed by atoms with Crippen LogP contribution in [0.4, 0.5) is 5.69 Å². The molecule has 1 N–H and O–H groups in total. The number of amides is 2. The zero-order chi connectivity index (χ0) is 25.2. The molecule has 0 saturated carbocycles. The lowest BCUT2D eigenvalue weighted by Crippen LogP contribution is -2.51. The van der Waals surface area contributed by atoms with Gasteiger partial charge in [-0.1, -0.05) is 36.4 Å². The maximum Gasteiger partial charge on any atom is 0.251 e. The van der Waals surface area contributed by atoms with Crippen LogP contribution in [-0.4, -0.2) is 32.3 Å². The van der Waals surface area contributed by atoms with Gasteiger partial charge in [-0.3, -0.25) is 14.5 Å². The van der Waals surface area contributed by atoms with Gasteiger partial charge in [0.1, 0.15) is 23.6 Å². The summed E-state index contributed by atoms with van der Waals surface area (Å²) >= 11 is 0. The first-order valence-electron chi connectivity index (χ1n) is 11.7. The van der Waals surface area contributed by atoms with Crippen LogP contribution in [0.3, 0.4) is 0 Å². The van der Waals surface area contributed by atoms with Crippen molar-refractivity contribution in [3.63, 3.8) is 0 Å². The predicted molar refractivity (Wildman–Crippen MR) is 135 cm³/mol. The largest absolute Gasteiger partial charge is 0.464 e. The summed E-state index contributed by atoms with van der Waals surface area (Å²) in [5.41, 5.74) is 2.55. The van der Waals surface area contributed by atoms with Gasteiger partial charge in [-0.05, 0) is 76.1 Å². The van der Waals surface area contributed by atoms with Gasteiger partial charge in [0.05, 0.1) is 5.52 Å². The van der Waals surface area contributed by atoms with E-state index in [4.69, 9.17) is 4.42 Å². The van der Waals surface area contributed by atoms with E-state index >= 15 is 0 Å². The average Bonchev–Trinajstić information content (AvgIpc) is 3.43. The van der Waals surface area contributed by atoms with Crippen LogP contribution < -0.4 is 10.2 Å². The lowest BCUT2D eigenvalue weighted by molar-refractivity contribution is -0.128. The van der Waals surface area contributed by atoms with Crippen molar-refractivity contribution < 1.29 is 14.0 Å². The zero-order valence-corrected chi connectivity index (χ0v) is 20.8. The first-order chi connectivity index (χ1) is 16.7. The monoisotopic (exact) mass is 473 g/mol. The Morgan fingerprint density at radius 1 is 1.09 bits per heavy atom. The molecule has 2 amide bonds. The number of furan rings is 1. The standard InChI is InChI=1S/C27H31N5O3/c1-6-27(4,5)28-26(34)25(23-15-14-19(3)35-23)32(20-11-9-10-18(2)16-20)24(33)17-31-22-13-8-7-12-21(22)29-30-31/h7-16,25H,6,17H2,1-5H3,(H,28,34)/t25-/m0/s1. The van der Waals surface area contributed by atoms with Crippen molar-refractivity contribution in [2.45, 2.75) is 59.2 Å². The minimum Gasteiger partial charge on any atom is -0.464 e. The van der Waals surface area contributed by atoms with E-state index in [0.717, 1.165) is 17.5 Å². The molecule has 2 aromatic heterocycles. The number of hydrogen-bond acceptors (Lipinski definition) is 5. The normalized spacial score (nSPS) is 12.5. The van der Waals surface area contributed by atoms with Crippen LogP contribution in [0.2, 0.25) is 0 Å². The number of carbonyl (C=O) groups excluding carboxylic acids is 2. The predicted octanol–water partition coefficient (Wildman–Crippen LogP) is 4.72. The number of anilines is 1. The average molecular weight is 474 g/mol. The SMILES string of the molecule is CCC(C)(C)NC(=O)[C@H](c1ccc(C)o1)N(C(=O)Cn1nnc2ccccc21)c1cccc(C)c1. The lowest BCUT2D eigenvalue weighted by atomic mass is 10.0. The molecule has 0 bridgehead atoms. The van der Waals surface area contributed by atoms with Gasteiger partial charge in [-0.25, -0.2) is 4.68 Å². The van der Waals surface area contributed by atoms with E-state index in [1.54, 1.807) is 16.8 Å². The number of benzene rings is 2. The number of fused-ring (bicyclic) bond motifs is 1. The molecule has 0 aliphatic heterocycles. The Labute approximate surface area is 204 Å². The fourth-order valence-electron chi connectivity index (χ4n) is 3.92. The highest BCUT2D eigenvalue weighted by atomic mass is 16.3. The van der Waals surface area contributed by atoms with Crippen LogP contribution in [-0.2, 0) is 16.1 Å². The summed E-state index contributed by atoms with van der Waals surface area (Å²) in [4.78, 5) is 29.2. The van der Waals surface area contributed by atoms with Crippen LogP contribution in [0.5, 0.6) is 0 Å². The van der Waals surface area contributed by atoms with E-state index in [0.29, 0.717) is 22.7 Å². The molecule has 2 aromatic carbocycles. The van der Waals surface area contributed by atoms with Crippen molar-refractivity contribution >= 4 is 28.5 Å². The second kappa shape index (κ2) is 9.74. The molecule has 8 heteroatoms. The molecule has 8 nitrogen and oxygen atoms in total. The van der Waals surface area contributed by atoms with Crippen LogP contribution in [0.25, 0.3) is 11.0 Å². The van der Waals surface area contributed by atoms with Crippen molar-refractivity contribution in [1.82, 2.24) is 20.3 Å². The van der Waals surface area contributed by atoms with Gasteiger partial charge < -0.3 is 9.73 Å². The molecule has 0 radical (unpaired) electrons. The van der Waals surface area contributed by atoms with Gasteiger partial charge in [-0.15, -0.1) is 5.10 Å². The second-order valence-corrected chi connectivity index (χ2v) is 9.42. The molecule has 182 valence electrons. The summed E-state index contributed by atoms with van der Waals surface area (Å²) in [5, 5.41) is 11.4. The highest BCUT2D eigenvalue weighted by Crippen LogP contribution is 2.31. The fraction of sp³-hybridized carbons (Fsp3) is 0.333. The Hall–Kier alpha value is -3.94. The Bertz CT molecular complexity index is 1350. The molecule has 0 unspecified atom stereocenters. The Kier molecular flexibility index (Phi) is 6.73. The van der Waals surface area contributed by atoms with Crippen molar-refractivity contribution in [2.24, 2.45) is 0 Å². The van der Waals surface area contributed by atoms with E-state index in [-0.39, 0.29) is 18.4 Å². The van der Waals surface area contributed by atoms with Crippen molar-refractivity contribution in [1.29, 1.82) is 0 Å². The number of aryl methyl sites for hydroxylation is 2. The topological polar surface area (TPSA) is 93.3 Å². The quantitative estimate of drug-likeness (QED) is 0.400. The maximum atomic E-state index is 13.9. The number of carbonyl (C=O) groups is 2. The van der Waals surface area contributed by atoms with Crippen molar-refractivity contribution in [2.75, 3.05) is 4.90 Å². The maximum absolute atomic E-state index is 13.9. The molecule has 0 spiro atoms. The molecule has 1 atom stereocenters. The number of nitrogens with zero attached hydrogens (tertiary/aromatic N) is 4. The summed E-state index contributed by atoms with van der Waals surface area (Å²) in [6, 6.07) is 17.5. The van der Waals surface area contributed by atoms with Crippen molar-refractivity contribution in [3.05, 3.63) is 77.7 Å². The van der Waals surface area contributed by atoms with Gasteiger partial charge in [0, 0.05) is 11.2 Å². The minimum absolute atomic E-state index is 0.0882. The number of hydrogen-bond donors (Lipinski definition) is 1. The fourth-order valence-corrected chi connectivity index (χ4v) is 3.92. The van der Waals surface area contributed by atoms with E-state index in [9.17, 15) is 9.59 Å². The Morgan fingerprint density at radius 3 is 2.54 bits per heavy atom. The minimum atomic E-state index is -1.00. The van der Waals surface area contributed by atoms with E-state index in [2.05, 4.69) is 15.6 Å². The van der Waals surface area contributed by atoms with Gasteiger partial charge in [0.2, 0.25) is 5.91 Å². The van der Waals surface area contributed by atoms with E-state index in [1.165, 1.54) is 4.90 Å². The molecular formula is C27H31N5O3. The molecule has 0 aliphatic rings. The lowest BCUT2D eigenvalue weighted by Gasteiger charge is -2.33. The van der Waals surface area contributed by atoms with E-state index in [1.807, 2.05) is 83.1 Å². The molecule has 0 aliphatic carbocycles. The summed E-state index contributed by atoms with van der Waals surface area (Å²) in [7, 11) is 0. The van der Waals surface area contributed by atoms with Gasteiger partial charge in [0.25, 0.3) is 5.91 Å². The van der Waals surface area contributed by atoms with Crippen molar-refractivity contribution in [3.8, 4) is 0 Å². The Morgan fingerprint density at radius 2 is 1.86 bits per heavy atom. The highest BCUT2D eigenvalue weighted by molar-refractivity contribution is 6.01. The Balaban J connectivity index is 1.80. The van der Waals surface area contributed by atoms with Crippen LogP contribution in [0.15, 0.2) is 65.1 Å². The van der Waals surface area contributed by atoms with Gasteiger partial charge in [-0.2, -0.15) is 0 Å². The van der Waals surface area contributed by atoms with Crippen LogP contribution in [0.1, 0.15) is 50.3 Å². The summed E-state index contributed by atoms with van der Waals surface area (Å²) < 4.78 is 7.47. The van der Waals surface area contributed by atoms with Crippen LogP contribution in [0, 0.1) is 13.8 Å². The first kappa shape index (κ1) is 24.2. The summed E-state index contributed by atoms with van der Waals surface area (Å²) in [6.45, 7) is 9.59. The highest BCUT2D eigenvalue weighted by Gasteiger charge is 2.37. The molecule has 4 aromatic rings. The smallest absolute Gasteiger partial charge is 0.251 e. The number of para-hydroxylation sites is 1. The summed E-state index contributed by atoms with van der Waals surface area (Å²) in [5.74, 6) is 0.427. The molecule has 4 rings (SSSR count). The van der Waals surface area contributed by atoms with Gasteiger partial charge in [0.15, 0.2) is 6.04 Å². The van der Waals surface area contributed by atoms with Gasteiger partial charge >= 0.3 is 0 Å². The third-order valence-electron chi connectivity index (χ3n) is 6.14. The third kappa shape index (κ3) is 5.26. The molecule has 0 fully saturated rings. The number of aromatic nitrogens is 3. The van der Waals surface area contributed by atoms with Crippen LogP contribution >= 0.6 is 0 Å². The number of nitrogens with one attached hydrogen (secondary N) is 1. The van der Waals surface area contributed by atoms with E-state index < -0.39 is 11.6 Å².